The number of nitrogens with zero attached hydrogens (tertiary/aromatic N) is 2. The molecule has 2 amide bonds. The van der Waals surface area contributed by atoms with Gasteiger partial charge in [-0.3, -0.25) is 4.79 Å². The molecule has 9 heteroatoms. The van der Waals surface area contributed by atoms with Crippen LogP contribution in [0.5, 0.6) is 0 Å². The van der Waals surface area contributed by atoms with E-state index in [1.54, 1.807) is 11.8 Å². The molecule has 2 rings (SSSR count). The molecule has 1 heterocycles. The number of nitrogens with one attached hydrogen (secondary N) is 1. The molecule has 0 saturated carbocycles. The number of aryl methyl sites for hydroxylation is 1. The van der Waals surface area contributed by atoms with Crippen LogP contribution >= 0.6 is 0 Å². The predicted octanol–water partition coefficient (Wildman–Crippen LogP) is 2.46. The Bertz CT molecular complexity index is 862. The maximum Gasteiger partial charge on any atom is 0.475 e. The molecule has 1 fully saturated rings. The molecule has 1 aromatic carbocycles. The van der Waals surface area contributed by atoms with Crippen molar-refractivity contribution >= 4 is 19.1 Å². The topological polar surface area (TPSA) is 123 Å². The van der Waals surface area contributed by atoms with Crippen LogP contribution in [0.4, 0.5) is 4.79 Å². The van der Waals surface area contributed by atoms with E-state index in [-0.39, 0.29) is 30.3 Å². The fourth-order valence-electron chi connectivity index (χ4n) is 4.32. The Morgan fingerprint density at radius 2 is 1.91 bits per heavy atom. The molecule has 3 N–H and O–H groups in total. The lowest BCUT2D eigenvalue weighted by Crippen LogP contribution is -2.48. The normalized spacial score (nSPS) is 18.7. The molecule has 0 spiro atoms. The van der Waals surface area contributed by atoms with Gasteiger partial charge < -0.3 is 25.0 Å². The van der Waals surface area contributed by atoms with Crippen molar-refractivity contribution in [2.24, 2.45) is 16.7 Å². The van der Waals surface area contributed by atoms with Crippen LogP contribution in [0.1, 0.15) is 51.7 Å². The largest absolute Gasteiger partial charge is 0.475 e. The zero-order valence-electron chi connectivity index (χ0n) is 20.3. The lowest BCUT2D eigenvalue weighted by atomic mass is 9.75. The summed E-state index contributed by atoms with van der Waals surface area (Å²) >= 11 is 0. The molecule has 3 atom stereocenters. The Labute approximate surface area is 197 Å². The van der Waals surface area contributed by atoms with Gasteiger partial charge in [-0.1, -0.05) is 50.6 Å². The van der Waals surface area contributed by atoms with Crippen LogP contribution < -0.4 is 5.32 Å². The third kappa shape index (κ3) is 8.06. The standard InChI is InChI=1S/C24H36BN3O5/c1-17-6-8-18(9-7-17)12-20(25(31)32)27-22(30)33-14-19-10-11-28(13-19)21(29)24(5,16-26)15-23(2,3)4/h6-9,19-20,31-32H,10-15H2,1-5H3,(H,27,30)/t19-,20-,24?/m0/s1. The van der Waals surface area contributed by atoms with E-state index in [0.717, 1.165) is 11.1 Å². The van der Waals surface area contributed by atoms with Gasteiger partial charge in [0.15, 0.2) is 0 Å². The van der Waals surface area contributed by atoms with Crippen LogP contribution in [0.25, 0.3) is 0 Å². The number of alkyl carbamates (subject to hydrolysis) is 1. The molecular formula is C24H36BN3O5. The summed E-state index contributed by atoms with van der Waals surface area (Å²) in [5, 5.41) is 31.5. The van der Waals surface area contributed by atoms with Gasteiger partial charge in [0.1, 0.15) is 5.41 Å². The van der Waals surface area contributed by atoms with Crippen LogP contribution in [0.2, 0.25) is 0 Å². The summed E-state index contributed by atoms with van der Waals surface area (Å²) in [4.78, 5) is 26.9. The van der Waals surface area contributed by atoms with Gasteiger partial charge in [-0.25, -0.2) is 4.79 Å². The Morgan fingerprint density at radius 1 is 1.27 bits per heavy atom. The van der Waals surface area contributed by atoms with Gasteiger partial charge >= 0.3 is 13.2 Å². The number of amides is 2. The minimum absolute atomic E-state index is 0.0353. The maximum atomic E-state index is 13.0. The zero-order valence-corrected chi connectivity index (χ0v) is 20.3. The third-order valence-electron chi connectivity index (χ3n) is 5.87. The van der Waals surface area contributed by atoms with Gasteiger partial charge in [0.05, 0.1) is 18.6 Å². The monoisotopic (exact) mass is 457 g/mol. The molecule has 0 radical (unpaired) electrons. The average molecular weight is 457 g/mol. The highest BCUT2D eigenvalue weighted by molar-refractivity contribution is 6.43. The first-order chi connectivity index (χ1) is 15.3. The number of benzene rings is 1. The first-order valence-corrected chi connectivity index (χ1v) is 11.4. The highest BCUT2D eigenvalue weighted by Gasteiger charge is 2.42. The third-order valence-corrected chi connectivity index (χ3v) is 5.87. The smallest absolute Gasteiger partial charge is 0.449 e. The van der Waals surface area contributed by atoms with Gasteiger partial charge in [-0.05, 0) is 44.1 Å². The summed E-state index contributed by atoms with van der Waals surface area (Å²) in [5.74, 6) is -1.13. The summed E-state index contributed by atoms with van der Waals surface area (Å²) in [5.41, 5.74) is 0.697. The van der Waals surface area contributed by atoms with Crippen molar-refractivity contribution in [2.75, 3.05) is 19.7 Å². The van der Waals surface area contributed by atoms with Gasteiger partial charge in [-0.15, -0.1) is 0 Å². The molecule has 1 aromatic rings. The summed E-state index contributed by atoms with van der Waals surface area (Å²) < 4.78 is 5.31. The number of rotatable bonds is 8. The zero-order chi connectivity index (χ0) is 24.8. The second kappa shape index (κ2) is 11.0. The molecule has 0 aliphatic carbocycles. The number of carbonyl (C=O) groups excluding carboxylic acids is 2. The summed E-state index contributed by atoms with van der Waals surface area (Å²) in [6.07, 6.45) is 0.644. The fraction of sp³-hybridized carbons (Fsp3) is 0.625. The number of ether oxygens (including phenoxy) is 1. The summed E-state index contributed by atoms with van der Waals surface area (Å²) in [6, 6.07) is 9.78. The molecule has 1 saturated heterocycles. The first-order valence-electron chi connectivity index (χ1n) is 11.4. The summed E-state index contributed by atoms with van der Waals surface area (Å²) in [6.45, 7) is 10.7. The number of hydrogen-bond acceptors (Lipinski definition) is 6. The summed E-state index contributed by atoms with van der Waals surface area (Å²) in [7, 11) is -1.73. The molecular weight excluding hydrogens is 421 g/mol. The second-order valence-electron chi connectivity index (χ2n) is 10.5. The van der Waals surface area contributed by atoms with Crippen molar-refractivity contribution in [1.82, 2.24) is 10.2 Å². The number of likely N-dealkylation sites (tertiary alicyclic amines) is 1. The van der Waals surface area contributed by atoms with Crippen molar-refractivity contribution in [2.45, 2.75) is 59.8 Å². The molecule has 1 unspecified atom stereocenters. The van der Waals surface area contributed by atoms with Crippen molar-refractivity contribution in [1.29, 1.82) is 5.26 Å². The van der Waals surface area contributed by atoms with Crippen LogP contribution in [-0.4, -0.2) is 59.7 Å². The van der Waals surface area contributed by atoms with Gasteiger partial charge in [0.25, 0.3) is 0 Å². The van der Waals surface area contributed by atoms with E-state index in [4.69, 9.17) is 4.74 Å². The first kappa shape index (κ1) is 26.7. The number of nitriles is 1. The lowest BCUT2D eigenvalue weighted by Gasteiger charge is -2.32. The highest BCUT2D eigenvalue weighted by Crippen LogP contribution is 2.36. The lowest BCUT2D eigenvalue weighted by molar-refractivity contribution is -0.138. The van der Waals surface area contributed by atoms with Crippen LogP contribution in [0.3, 0.4) is 0 Å². The Balaban J connectivity index is 1.86. The van der Waals surface area contributed by atoms with Crippen LogP contribution in [0, 0.1) is 35.0 Å². The Morgan fingerprint density at radius 3 is 2.45 bits per heavy atom. The molecule has 1 aliphatic heterocycles. The van der Waals surface area contributed by atoms with E-state index in [0.29, 0.717) is 25.9 Å². The number of hydrogen-bond donors (Lipinski definition) is 3. The Hall–Kier alpha value is -2.57. The number of carbonyl (C=O) groups is 2. The highest BCUT2D eigenvalue weighted by atomic mass is 16.5. The SMILES string of the molecule is Cc1ccc(C[C@H](NC(=O)OC[C@H]2CCN(C(=O)C(C)(C#N)CC(C)(C)C)C2)B(O)O)cc1. The molecule has 8 nitrogen and oxygen atoms in total. The molecule has 33 heavy (non-hydrogen) atoms. The Kier molecular flexibility index (Phi) is 8.93. The van der Waals surface area contributed by atoms with Gasteiger partial charge in [0.2, 0.25) is 5.91 Å². The molecule has 0 bridgehead atoms. The van der Waals surface area contributed by atoms with Gasteiger partial charge in [0, 0.05) is 19.0 Å². The van der Waals surface area contributed by atoms with E-state index in [2.05, 4.69) is 11.4 Å². The molecule has 1 aliphatic rings. The van der Waals surface area contributed by atoms with E-state index >= 15 is 0 Å². The van der Waals surface area contributed by atoms with E-state index in [1.807, 2.05) is 52.0 Å². The van der Waals surface area contributed by atoms with Crippen molar-refractivity contribution in [3.05, 3.63) is 35.4 Å². The predicted molar refractivity (Wildman–Crippen MR) is 126 cm³/mol. The van der Waals surface area contributed by atoms with Crippen LogP contribution in [0.15, 0.2) is 24.3 Å². The van der Waals surface area contributed by atoms with E-state index in [9.17, 15) is 24.9 Å². The minimum atomic E-state index is -1.73. The van der Waals surface area contributed by atoms with Crippen LogP contribution in [-0.2, 0) is 16.0 Å². The van der Waals surface area contributed by atoms with E-state index in [1.165, 1.54) is 0 Å². The van der Waals surface area contributed by atoms with Gasteiger partial charge in [-0.2, -0.15) is 5.26 Å². The molecule has 180 valence electrons. The minimum Gasteiger partial charge on any atom is -0.449 e. The molecule has 0 aromatic heterocycles. The van der Waals surface area contributed by atoms with E-state index < -0.39 is 24.6 Å². The average Bonchev–Trinajstić information content (AvgIpc) is 3.20. The van der Waals surface area contributed by atoms with Crippen molar-refractivity contribution in [3.8, 4) is 6.07 Å². The quantitative estimate of drug-likeness (QED) is 0.516. The second-order valence-corrected chi connectivity index (χ2v) is 10.5. The maximum absolute atomic E-state index is 13.0. The van der Waals surface area contributed by atoms with Crippen molar-refractivity contribution < 1.29 is 24.4 Å². The fourth-order valence-corrected chi connectivity index (χ4v) is 4.32. The van der Waals surface area contributed by atoms with Crippen molar-refractivity contribution in [3.63, 3.8) is 0 Å².